The maximum atomic E-state index is 12.8. The van der Waals surface area contributed by atoms with Crippen molar-refractivity contribution in [3.63, 3.8) is 0 Å². The monoisotopic (exact) mass is 263 g/mol. The van der Waals surface area contributed by atoms with Gasteiger partial charge in [0.25, 0.3) is 0 Å². The normalized spacial score (nSPS) is 26.8. The number of nitrogens with one attached hydrogen (secondary N) is 1. The fourth-order valence-electron chi connectivity index (χ4n) is 3.24. The van der Waals surface area contributed by atoms with E-state index in [1.807, 2.05) is 36.4 Å². The van der Waals surface area contributed by atoms with Crippen LogP contribution in [0.25, 0.3) is 0 Å². The van der Waals surface area contributed by atoms with Crippen LogP contribution in [0.3, 0.4) is 0 Å². The Morgan fingerprint density at radius 3 is 2.90 bits per heavy atom. The highest BCUT2D eigenvalue weighted by atomic mass is 16.1. The number of carbonyl (C=O) groups is 2. The lowest BCUT2D eigenvalue weighted by molar-refractivity contribution is -0.117. The minimum atomic E-state index is -0.349. The lowest BCUT2D eigenvalue weighted by Crippen LogP contribution is -2.45. The van der Waals surface area contributed by atoms with Crippen LogP contribution in [0.4, 0.5) is 0 Å². The van der Waals surface area contributed by atoms with Crippen LogP contribution in [0.1, 0.15) is 28.3 Å². The topological polar surface area (TPSA) is 46.2 Å². The number of hydrogen-bond donors (Lipinski definition) is 1. The van der Waals surface area contributed by atoms with Gasteiger partial charge in [0, 0.05) is 22.9 Å². The van der Waals surface area contributed by atoms with Crippen molar-refractivity contribution in [2.45, 2.75) is 18.4 Å². The third kappa shape index (κ3) is 1.46. The quantitative estimate of drug-likeness (QED) is 0.781. The smallest absolute Gasteiger partial charge is 0.187 e. The number of allylic oxidation sites excluding steroid dienone is 4. The second-order valence-corrected chi connectivity index (χ2v) is 5.33. The summed E-state index contributed by atoms with van der Waals surface area (Å²) in [5.41, 5.74) is 3.03. The molecule has 0 radical (unpaired) electrons. The van der Waals surface area contributed by atoms with E-state index in [-0.39, 0.29) is 23.5 Å². The molecule has 1 saturated heterocycles. The van der Waals surface area contributed by atoms with Gasteiger partial charge in [0.1, 0.15) is 0 Å². The summed E-state index contributed by atoms with van der Waals surface area (Å²) in [6, 6.07) is 7.39. The molecular weight excluding hydrogens is 250 g/mol. The summed E-state index contributed by atoms with van der Waals surface area (Å²) in [5.74, 6) is -0.256. The van der Waals surface area contributed by atoms with Crippen molar-refractivity contribution in [3.05, 3.63) is 71.0 Å². The summed E-state index contributed by atoms with van der Waals surface area (Å²) in [6.45, 7) is 0. The molecule has 1 N–H and O–H groups in total. The maximum absolute atomic E-state index is 12.8. The minimum absolute atomic E-state index is 0.00747. The number of rotatable bonds is 0. The van der Waals surface area contributed by atoms with Crippen molar-refractivity contribution < 1.29 is 9.59 Å². The molecule has 20 heavy (non-hydrogen) atoms. The first-order valence-corrected chi connectivity index (χ1v) is 6.78. The van der Waals surface area contributed by atoms with Crippen LogP contribution in [0.5, 0.6) is 0 Å². The SMILES string of the molecule is O=C1C=C2NC3CC=CC=C3C(=O)C2c2ccccc21. The van der Waals surface area contributed by atoms with Gasteiger partial charge >= 0.3 is 0 Å². The number of carbonyl (C=O) groups excluding carboxylic acids is 2. The van der Waals surface area contributed by atoms with Gasteiger partial charge in [-0.25, -0.2) is 0 Å². The van der Waals surface area contributed by atoms with Gasteiger partial charge in [0.05, 0.1) is 12.0 Å². The number of ketones is 2. The molecule has 0 amide bonds. The molecule has 1 heterocycles. The molecule has 0 spiro atoms. The van der Waals surface area contributed by atoms with Gasteiger partial charge in [-0.2, -0.15) is 0 Å². The van der Waals surface area contributed by atoms with Crippen molar-refractivity contribution in [2.24, 2.45) is 0 Å². The van der Waals surface area contributed by atoms with E-state index < -0.39 is 0 Å². The fourth-order valence-corrected chi connectivity index (χ4v) is 3.24. The average molecular weight is 263 g/mol. The molecule has 0 bridgehead atoms. The van der Waals surface area contributed by atoms with E-state index in [1.165, 1.54) is 0 Å². The zero-order valence-corrected chi connectivity index (χ0v) is 10.8. The summed E-state index contributed by atoms with van der Waals surface area (Å²) in [4.78, 5) is 24.9. The number of benzene rings is 1. The summed E-state index contributed by atoms with van der Waals surface area (Å²) in [5, 5.41) is 3.36. The first-order chi connectivity index (χ1) is 9.75. The molecule has 1 aromatic rings. The molecule has 4 rings (SSSR count). The van der Waals surface area contributed by atoms with E-state index >= 15 is 0 Å². The first kappa shape index (κ1) is 11.4. The second-order valence-electron chi connectivity index (χ2n) is 5.33. The van der Waals surface area contributed by atoms with E-state index in [4.69, 9.17) is 0 Å². The Labute approximate surface area is 116 Å². The van der Waals surface area contributed by atoms with E-state index in [0.717, 1.165) is 23.3 Å². The highest BCUT2D eigenvalue weighted by Crippen LogP contribution is 2.38. The predicted octanol–water partition coefficient (Wildman–Crippen LogP) is 2.28. The molecule has 2 atom stereocenters. The molecule has 2 unspecified atom stereocenters. The van der Waals surface area contributed by atoms with Crippen molar-refractivity contribution in [1.29, 1.82) is 0 Å². The fraction of sp³-hybridized carbons (Fsp3) is 0.176. The van der Waals surface area contributed by atoms with Crippen molar-refractivity contribution in [3.8, 4) is 0 Å². The lowest BCUT2D eigenvalue weighted by Gasteiger charge is -2.37. The molecule has 3 heteroatoms. The van der Waals surface area contributed by atoms with E-state index in [9.17, 15) is 9.59 Å². The van der Waals surface area contributed by atoms with Crippen molar-refractivity contribution in [2.75, 3.05) is 0 Å². The van der Waals surface area contributed by atoms with Gasteiger partial charge < -0.3 is 5.32 Å². The highest BCUT2D eigenvalue weighted by Gasteiger charge is 2.40. The summed E-state index contributed by atoms with van der Waals surface area (Å²) >= 11 is 0. The Morgan fingerprint density at radius 1 is 1.15 bits per heavy atom. The number of fused-ring (bicyclic) bond motifs is 4. The van der Waals surface area contributed by atoms with Gasteiger partial charge in [0.15, 0.2) is 11.6 Å². The second kappa shape index (κ2) is 4.04. The zero-order chi connectivity index (χ0) is 13.7. The largest absolute Gasteiger partial charge is 0.380 e. The van der Waals surface area contributed by atoms with Gasteiger partial charge in [-0.1, -0.05) is 42.5 Å². The van der Waals surface area contributed by atoms with E-state index in [2.05, 4.69) is 5.32 Å². The molecule has 3 aliphatic rings. The number of Topliss-reactive ketones (excluding diaryl/α,β-unsaturated/α-hetero) is 1. The molecule has 1 aliphatic heterocycles. The molecule has 3 nitrogen and oxygen atoms in total. The Hall–Kier alpha value is -2.42. The summed E-state index contributed by atoms with van der Waals surface area (Å²) in [7, 11) is 0. The molecule has 1 aromatic carbocycles. The zero-order valence-electron chi connectivity index (χ0n) is 10.8. The number of piperidine rings is 1. The average Bonchev–Trinajstić information content (AvgIpc) is 2.47. The first-order valence-electron chi connectivity index (χ1n) is 6.78. The standard InChI is InChI=1S/C17H13NO2/c19-15-9-14-16(11-6-2-1-5-10(11)15)17(20)12-7-3-4-8-13(12)18-14/h1-7,9,13,16,18H,8H2. The van der Waals surface area contributed by atoms with Gasteiger partial charge in [0.2, 0.25) is 0 Å². The van der Waals surface area contributed by atoms with Crippen LogP contribution in [0, 0.1) is 0 Å². The molecule has 0 saturated carbocycles. The molecular formula is C17H13NO2. The molecule has 2 aliphatic carbocycles. The van der Waals surface area contributed by atoms with Crippen LogP contribution in [-0.2, 0) is 4.79 Å². The van der Waals surface area contributed by atoms with Gasteiger partial charge in [-0.3, -0.25) is 9.59 Å². The molecule has 1 fully saturated rings. The maximum Gasteiger partial charge on any atom is 0.187 e. The molecule has 0 aromatic heterocycles. The Kier molecular flexibility index (Phi) is 2.30. The molecule has 98 valence electrons. The minimum Gasteiger partial charge on any atom is -0.380 e. The third-order valence-corrected chi connectivity index (χ3v) is 4.18. The van der Waals surface area contributed by atoms with Crippen LogP contribution < -0.4 is 5.32 Å². The third-order valence-electron chi connectivity index (χ3n) is 4.18. The van der Waals surface area contributed by atoms with E-state index in [1.54, 1.807) is 12.1 Å². The lowest BCUT2D eigenvalue weighted by atomic mass is 9.74. The van der Waals surface area contributed by atoms with Crippen LogP contribution in [0.15, 0.2) is 59.8 Å². The van der Waals surface area contributed by atoms with Crippen LogP contribution in [0.2, 0.25) is 0 Å². The van der Waals surface area contributed by atoms with E-state index in [0.29, 0.717) is 5.56 Å². The van der Waals surface area contributed by atoms with Gasteiger partial charge in [-0.15, -0.1) is 0 Å². The van der Waals surface area contributed by atoms with Gasteiger partial charge in [-0.05, 0) is 12.0 Å². The van der Waals surface area contributed by atoms with Crippen molar-refractivity contribution in [1.82, 2.24) is 5.32 Å². The summed E-state index contributed by atoms with van der Waals surface area (Å²) in [6.07, 6.45) is 8.23. The Bertz CT molecular complexity index is 724. The predicted molar refractivity (Wildman–Crippen MR) is 75.4 cm³/mol. The van der Waals surface area contributed by atoms with Crippen molar-refractivity contribution >= 4 is 11.6 Å². The van der Waals surface area contributed by atoms with Crippen LogP contribution in [-0.4, -0.2) is 17.6 Å². The Balaban J connectivity index is 1.89. The van der Waals surface area contributed by atoms with Crippen LogP contribution >= 0.6 is 0 Å². The highest BCUT2D eigenvalue weighted by molar-refractivity contribution is 6.14. The Morgan fingerprint density at radius 2 is 2.00 bits per heavy atom. The summed E-state index contributed by atoms with van der Waals surface area (Å²) < 4.78 is 0. The number of hydrogen-bond acceptors (Lipinski definition) is 3.